The molecule has 1 aliphatic heterocycles. The van der Waals surface area contributed by atoms with Gasteiger partial charge in [-0.25, -0.2) is 9.67 Å². The summed E-state index contributed by atoms with van der Waals surface area (Å²) in [4.78, 5) is 33.8. The standard InChI is InChI=1S/C29H25N5O2S/c1-20-12-14-23(15-13-20)34-27-25(17-30-34)28(36)33-24(19-37-29(33)31-27)16-26(35)32(22-10-6-3-7-11-22)18-21-8-4-2-5-9-21/h2-15,17,24H,16,18-19H2,1H3. The molecule has 1 unspecified atom stereocenters. The molecule has 1 atom stereocenters. The van der Waals surface area contributed by atoms with Crippen LogP contribution in [0.4, 0.5) is 5.69 Å². The molecule has 0 spiro atoms. The van der Waals surface area contributed by atoms with Gasteiger partial charge in [-0.3, -0.25) is 14.2 Å². The van der Waals surface area contributed by atoms with Gasteiger partial charge in [0, 0.05) is 17.9 Å². The van der Waals surface area contributed by atoms with Crippen molar-refractivity contribution in [1.82, 2.24) is 19.3 Å². The molecule has 0 fully saturated rings. The molecule has 6 rings (SSSR count). The second-order valence-corrected chi connectivity index (χ2v) is 10.2. The van der Waals surface area contributed by atoms with Crippen LogP contribution in [0.15, 0.2) is 101 Å². The van der Waals surface area contributed by atoms with Gasteiger partial charge >= 0.3 is 0 Å². The number of anilines is 1. The Morgan fingerprint density at radius 3 is 2.43 bits per heavy atom. The van der Waals surface area contributed by atoms with Crippen LogP contribution < -0.4 is 10.5 Å². The first-order valence-corrected chi connectivity index (χ1v) is 13.2. The van der Waals surface area contributed by atoms with E-state index in [4.69, 9.17) is 4.98 Å². The molecule has 3 heterocycles. The molecule has 0 saturated carbocycles. The van der Waals surface area contributed by atoms with Crippen LogP contribution in [0.5, 0.6) is 0 Å². The van der Waals surface area contributed by atoms with Crippen LogP contribution in [0, 0.1) is 6.92 Å². The summed E-state index contributed by atoms with van der Waals surface area (Å²) in [5.74, 6) is 0.586. The third kappa shape index (κ3) is 4.44. The van der Waals surface area contributed by atoms with Crippen molar-refractivity contribution >= 4 is 34.4 Å². The van der Waals surface area contributed by atoms with Crippen molar-refractivity contribution in [3.63, 3.8) is 0 Å². The number of rotatable bonds is 6. The number of benzene rings is 3. The Labute approximate surface area is 218 Å². The van der Waals surface area contributed by atoms with Crippen LogP contribution in [-0.2, 0) is 11.3 Å². The summed E-state index contributed by atoms with van der Waals surface area (Å²) in [5, 5.41) is 5.53. The normalized spacial score (nSPS) is 14.6. The van der Waals surface area contributed by atoms with E-state index in [-0.39, 0.29) is 23.9 Å². The summed E-state index contributed by atoms with van der Waals surface area (Å²) in [7, 11) is 0. The van der Waals surface area contributed by atoms with Crippen LogP contribution in [0.2, 0.25) is 0 Å². The molecular weight excluding hydrogens is 482 g/mol. The zero-order valence-electron chi connectivity index (χ0n) is 20.3. The second-order valence-electron chi connectivity index (χ2n) is 9.17. The predicted octanol–water partition coefficient (Wildman–Crippen LogP) is 5.16. The average Bonchev–Trinajstić information content (AvgIpc) is 3.54. The lowest BCUT2D eigenvalue weighted by molar-refractivity contribution is -0.119. The van der Waals surface area contributed by atoms with Crippen LogP contribution in [-0.4, -0.2) is 31.0 Å². The van der Waals surface area contributed by atoms with Crippen molar-refractivity contribution in [2.45, 2.75) is 31.1 Å². The number of thioether (sulfide) groups is 1. The minimum atomic E-state index is -0.276. The molecule has 184 valence electrons. The fourth-order valence-corrected chi connectivity index (χ4v) is 5.80. The van der Waals surface area contributed by atoms with Crippen molar-refractivity contribution in [2.75, 3.05) is 10.7 Å². The summed E-state index contributed by atoms with van der Waals surface area (Å²) >= 11 is 1.51. The van der Waals surface area contributed by atoms with Crippen LogP contribution >= 0.6 is 11.8 Å². The van der Waals surface area contributed by atoms with Crippen molar-refractivity contribution in [1.29, 1.82) is 0 Å². The molecule has 0 N–H and O–H groups in total. The lowest BCUT2D eigenvalue weighted by Gasteiger charge is -2.25. The fourth-order valence-electron chi connectivity index (χ4n) is 4.66. The molecule has 0 radical (unpaired) electrons. The first-order valence-electron chi connectivity index (χ1n) is 12.2. The van der Waals surface area contributed by atoms with Gasteiger partial charge in [-0.1, -0.05) is 78.0 Å². The van der Waals surface area contributed by atoms with E-state index in [1.165, 1.54) is 11.8 Å². The molecule has 3 aromatic carbocycles. The summed E-state index contributed by atoms with van der Waals surface area (Å²) in [6.07, 6.45) is 1.78. The van der Waals surface area contributed by atoms with Crippen molar-refractivity contribution in [3.8, 4) is 5.69 Å². The van der Waals surface area contributed by atoms with E-state index in [0.29, 0.717) is 28.5 Å². The van der Waals surface area contributed by atoms with Crippen molar-refractivity contribution in [3.05, 3.63) is 113 Å². The predicted molar refractivity (Wildman–Crippen MR) is 146 cm³/mol. The SMILES string of the molecule is Cc1ccc(-n2ncc3c(=O)n4c(nc32)SCC4CC(=O)N(Cc2ccccc2)c2ccccc2)cc1. The number of aromatic nitrogens is 4. The molecule has 0 saturated heterocycles. The van der Waals surface area contributed by atoms with Gasteiger partial charge in [-0.2, -0.15) is 5.10 Å². The Kier molecular flexibility index (Phi) is 6.10. The van der Waals surface area contributed by atoms with E-state index in [0.717, 1.165) is 22.5 Å². The molecule has 37 heavy (non-hydrogen) atoms. The fraction of sp³-hybridized carbons (Fsp3) is 0.172. The Morgan fingerprint density at radius 1 is 1.00 bits per heavy atom. The number of carbonyl (C=O) groups is 1. The van der Waals surface area contributed by atoms with E-state index in [1.807, 2.05) is 91.9 Å². The number of hydrogen-bond acceptors (Lipinski definition) is 5. The van der Waals surface area contributed by atoms with E-state index in [1.54, 1.807) is 20.3 Å². The highest BCUT2D eigenvalue weighted by Crippen LogP contribution is 2.34. The first kappa shape index (κ1) is 23.2. The number of fused-ring (bicyclic) bond motifs is 2. The summed E-state index contributed by atoms with van der Waals surface area (Å²) in [6.45, 7) is 2.49. The maximum atomic E-state index is 13.7. The van der Waals surface area contributed by atoms with E-state index < -0.39 is 0 Å². The Bertz CT molecular complexity index is 1630. The van der Waals surface area contributed by atoms with E-state index >= 15 is 0 Å². The lowest BCUT2D eigenvalue weighted by Crippen LogP contribution is -2.34. The number of carbonyl (C=O) groups excluding carboxylic acids is 1. The zero-order chi connectivity index (χ0) is 25.4. The molecule has 5 aromatic rings. The van der Waals surface area contributed by atoms with Gasteiger partial charge in [0.05, 0.1) is 24.5 Å². The largest absolute Gasteiger partial charge is 0.308 e. The maximum absolute atomic E-state index is 13.7. The molecular formula is C29H25N5O2S. The Hall–Kier alpha value is -4.17. The molecule has 8 heteroatoms. The van der Waals surface area contributed by atoms with Crippen LogP contribution in [0.1, 0.15) is 23.6 Å². The average molecular weight is 508 g/mol. The van der Waals surface area contributed by atoms with Crippen molar-refractivity contribution in [2.24, 2.45) is 0 Å². The van der Waals surface area contributed by atoms with Gasteiger partial charge in [0.2, 0.25) is 5.91 Å². The first-order chi connectivity index (χ1) is 18.1. The molecule has 0 aliphatic carbocycles. The van der Waals surface area contributed by atoms with Gasteiger partial charge < -0.3 is 4.90 Å². The highest BCUT2D eigenvalue weighted by Gasteiger charge is 2.31. The zero-order valence-corrected chi connectivity index (χ0v) is 21.1. The summed E-state index contributed by atoms with van der Waals surface area (Å²) in [5.41, 5.74) is 4.26. The lowest BCUT2D eigenvalue weighted by atomic mass is 10.1. The molecule has 1 amide bonds. The van der Waals surface area contributed by atoms with Gasteiger partial charge in [0.15, 0.2) is 10.8 Å². The van der Waals surface area contributed by atoms with Crippen molar-refractivity contribution < 1.29 is 4.79 Å². The highest BCUT2D eigenvalue weighted by atomic mass is 32.2. The molecule has 0 bridgehead atoms. The number of nitrogens with zero attached hydrogens (tertiary/aromatic N) is 5. The second kappa shape index (κ2) is 9.71. The molecule has 7 nitrogen and oxygen atoms in total. The van der Waals surface area contributed by atoms with E-state index in [9.17, 15) is 9.59 Å². The van der Waals surface area contributed by atoms with Crippen LogP contribution in [0.25, 0.3) is 16.7 Å². The molecule has 2 aromatic heterocycles. The van der Waals surface area contributed by atoms with Gasteiger partial charge in [-0.15, -0.1) is 0 Å². The third-order valence-corrected chi connectivity index (χ3v) is 7.71. The Balaban J connectivity index is 1.32. The van der Waals surface area contributed by atoms with E-state index in [2.05, 4.69) is 5.10 Å². The van der Waals surface area contributed by atoms with Gasteiger partial charge in [0.1, 0.15) is 5.39 Å². The Morgan fingerprint density at radius 2 is 1.70 bits per heavy atom. The van der Waals surface area contributed by atoms with Gasteiger partial charge in [-0.05, 0) is 36.8 Å². The number of aryl methyl sites for hydroxylation is 1. The third-order valence-electron chi connectivity index (χ3n) is 6.61. The smallest absolute Gasteiger partial charge is 0.265 e. The minimum Gasteiger partial charge on any atom is -0.308 e. The topological polar surface area (TPSA) is 73.0 Å². The monoisotopic (exact) mass is 507 g/mol. The highest BCUT2D eigenvalue weighted by molar-refractivity contribution is 7.99. The molecule has 1 aliphatic rings. The number of amides is 1. The van der Waals surface area contributed by atoms with Gasteiger partial charge in [0.25, 0.3) is 5.56 Å². The van der Waals surface area contributed by atoms with Crippen LogP contribution in [0.3, 0.4) is 0 Å². The minimum absolute atomic E-state index is 0.0316. The maximum Gasteiger partial charge on any atom is 0.265 e. The number of hydrogen-bond donors (Lipinski definition) is 0. The summed E-state index contributed by atoms with van der Waals surface area (Å²) < 4.78 is 3.38. The summed E-state index contributed by atoms with van der Waals surface area (Å²) in [6, 6.07) is 27.3. The quantitative estimate of drug-likeness (QED) is 0.297. The number of para-hydroxylation sites is 1.